The summed E-state index contributed by atoms with van der Waals surface area (Å²) < 4.78 is 37.6. The molecule has 0 amide bonds. The molecule has 0 aliphatic heterocycles. The normalized spacial score (nSPS) is 10.5. The van der Waals surface area contributed by atoms with Gasteiger partial charge in [-0.25, -0.2) is 29.0 Å². The molecule has 1 aromatic heterocycles. The number of hydrogen-bond acceptors (Lipinski definition) is 13. The van der Waals surface area contributed by atoms with Gasteiger partial charge in [0.05, 0.1) is 48.5 Å². The Hall–Kier alpha value is -7.02. The Kier molecular flexibility index (Phi) is 14.0. The standard InChI is InChI=1S/C42H37NO12/c1-3-37(44)51-25-7-5-23-49-31-15-11-29(12-16-31)40(46)53-33-19-9-28(10-20-33)39-43-36-22-21-34(27-35(36)42(48)55-39)54-41(47)30-13-17-32(18-14-30)50-24-6-8-26-52-38(45)4-2/h3-4,9-22,27H,1-2,5-8,23-26H2. The lowest BCUT2D eigenvalue weighted by atomic mass is 10.2. The van der Waals surface area contributed by atoms with Crippen LogP contribution in [-0.2, 0) is 19.1 Å². The van der Waals surface area contributed by atoms with Crippen molar-refractivity contribution in [2.45, 2.75) is 25.7 Å². The third kappa shape index (κ3) is 11.7. The van der Waals surface area contributed by atoms with E-state index >= 15 is 0 Å². The molecule has 0 N–H and O–H groups in total. The summed E-state index contributed by atoms with van der Waals surface area (Å²) in [5, 5.41) is 0.116. The molecule has 1 heterocycles. The number of esters is 4. The Balaban J connectivity index is 1.10. The highest BCUT2D eigenvalue weighted by atomic mass is 16.5. The minimum absolute atomic E-state index is 0.0481. The third-order valence-electron chi connectivity index (χ3n) is 7.74. The predicted molar refractivity (Wildman–Crippen MR) is 200 cm³/mol. The highest BCUT2D eigenvalue weighted by Crippen LogP contribution is 2.25. The molecule has 0 atom stereocenters. The van der Waals surface area contributed by atoms with Crippen LogP contribution in [0.5, 0.6) is 23.0 Å². The van der Waals surface area contributed by atoms with Gasteiger partial charge >= 0.3 is 29.5 Å². The first-order valence-electron chi connectivity index (χ1n) is 17.3. The van der Waals surface area contributed by atoms with Crippen molar-refractivity contribution in [2.24, 2.45) is 0 Å². The number of hydrogen-bond donors (Lipinski definition) is 0. The fourth-order valence-electron chi connectivity index (χ4n) is 4.86. The van der Waals surface area contributed by atoms with E-state index < -0.39 is 29.5 Å². The van der Waals surface area contributed by atoms with Crippen LogP contribution < -0.4 is 24.6 Å². The lowest BCUT2D eigenvalue weighted by molar-refractivity contribution is -0.138. The molecule has 55 heavy (non-hydrogen) atoms. The summed E-state index contributed by atoms with van der Waals surface area (Å²) in [5.41, 5.74) is 0.698. The van der Waals surface area contributed by atoms with Gasteiger partial charge in [-0.3, -0.25) is 0 Å². The summed E-state index contributed by atoms with van der Waals surface area (Å²) in [6.45, 7) is 8.07. The van der Waals surface area contributed by atoms with Gasteiger partial charge in [0.1, 0.15) is 23.0 Å². The molecule has 0 spiro atoms. The van der Waals surface area contributed by atoms with Gasteiger partial charge in [0.2, 0.25) is 5.89 Å². The number of unbranched alkanes of at least 4 members (excludes halogenated alkanes) is 2. The van der Waals surface area contributed by atoms with E-state index in [1.54, 1.807) is 78.9 Å². The van der Waals surface area contributed by atoms with Gasteiger partial charge in [-0.1, -0.05) is 13.2 Å². The van der Waals surface area contributed by atoms with Crippen LogP contribution in [0, 0.1) is 0 Å². The molecule has 0 bridgehead atoms. The second-order valence-corrected chi connectivity index (χ2v) is 11.7. The van der Waals surface area contributed by atoms with Crippen molar-refractivity contribution in [1.82, 2.24) is 4.98 Å². The number of carbonyl (C=O) groups excluding carboxylic acids is 4. The van der Waals surface area contributed by atoms with E-state index in [1.165, 1.54) is 12.1 Å². The maximum atomic E-state index is 12.9. The highest BCUT2D eigenvalue weighted by molar-refractivity contribution is 5.92. The van der Waals surface area contributed by atoms with Crippen molar-refractivity contribution < 1.29 is 52.0 Å². The fraction of sp³-hybridized carbons (Fsp3) is 0.190. The van der Waals surface area contributed by atoms with E-state index in [2.05, 4.69) is 18.1 Å². The summed E-state index contributed by atoms with van der Waals surface area (Å²) in [6.07, 6.45) is 4.85. The second-order valence-electron chi connectivity index (χ2n) is 11.7. The summed E-state index contributed by atoms with van der Waals surface area (Å²) in [4.78, 5) is 65.0. The topological polar surface area (TPSA) is 167 Å². The predicted octanol–water partition coefficient (Wildman–Crippen LogP) is 7.07. The monoisotopic (exact) mass is 747 g/mol. The molecular formula is C42H37NO12. The van der Waals surface area contributed by atoms with Crippen LogP contribution in [-0.4, -0.2) is 55.3 Å². The van der Waals surface area contributed by atoms with Gasteiger partial charge in [0, 0.05) is 17.7 Å². The molecule has 13 nitrogen and oxygen atoms in total. The number of ether oxygens (including phenoxy) is 6. The maximum absolute atomic E-state index is 12.9. The molecule has 13 heteroatoms. The van der Waals surface area contributed by atoms with Crippen molar-refractivity contribution in [1.29, 1.82) is 0 Å². The Morgan fingerprint density at radius 2 is 1.04 bits per heavy atom. The Morgan fingerprint density at radius 3 is 1.55 bits per heavy atom. The van der Waals surface area contributed by atoms with Crippen molar-refractivity contribution in [3.05, 3.63) is 138 Å². The van der Waals surface area contributed by atoms with E-state index in [0.29, 0.717) is 67.0 Å². The van der Waals surface area contributed by atoms with Crippen LogP contribution in [0.15, 0.2) is 126 Å². The molecule has 0 fully saturated rings. The van der Waals surface area contributed by atoms with Crippen LogP contribution in [0.4, 0.5) is 0 Å². The first-order chi connectivity index (χ1) is 26.7. The molecule has 0 unspecified atom stereocenters. The van der Waals surface area contributed by atoms with Crippen LogP contribution in [0.1, 0.15) is 46.4 Å². The van der Waals surface area contributed by atoms with E-state index in [-0.39, 0.29) is 41.6 Å². The molecule has 4 aromatic carbocycles. The van der Waals surface area contributed by atoms with Crippen molar-refractivity contribution in [3.8, 4) is 34.5 Å². The second kappa shape index (κ2) is 19.7. The zero-order valence-corrected chi connectivity index (χ0v) is 29.7. The molecule has 0 aliphatic rings. The molecule has 5 aromatic rings. The minimum atomic E-state index is -0.685. The lowest BCUT2D eigenvalue weighted by Gasteiger charge is -2.09. The van der Waals surface area contributed by atoms with Crippen LogP contribution in [0.25, 0.3) is 22.4 Å². The molecule has 0 saturated carbocycles. The van der Waals surface area contributed by atoms with E-state index in [9.17, 15) is 24.0 Å². The summed E-state index contributed by atoms with van der Waals surface area (Å²) in [7, 11) is 0. The zero-order valence-electron chi connectivity index (χ0n) is 29.7. The first kappa shape index (κ1) is 39.2. The number of carbonyl (C=O) groups is 4. The summed E-state index contributed by atoms with van der Waals surface area (Å²) in [5.74, 6) is -0.549. The van der Waals surface area contributed by atoms with Crippen LogP contribution in [0.2, 0.25) is 0 Å². The maximum Gasteiger partial charge on any atom is 0.347 e. The van der Waals surface area contributed by atoms with E-state index in [0.717, 1.165) is 12.2 Å². The average molecular weight is 748 g/mol. The van der Waals surface area contributed by atoms with Gasteiger partial charge in [0.15, 0.2) is 0 Å². The fourth-order valence-corrected chi connectivity index (χ4v) is 4.86. The Morgan fingerprint density at radius 1 is 0.582 bits per heavy atom. The van der Waals surface area contributed by atoms with Gasteiger partial charge in [-0.05, 0) is 117 Å². The summed E-state index contributed by atoms with van der Waals surface area (Å²) in [6, 6.07) is 23.7. The quantitative estimate of drug-likeness (QED) is 0.0365. The Bertz CT molecular complexity index is 2190. The Labute approximate surface area is 315 Å². The minimum Gasteiger partial charge on any atom is -0.494 e. The summed E-state index contributed by atoms with van der Waals surface area (Å²) >= 11 is 0. The number of benzene rings is 4. The van der Waals surface area contributed by atoms with Crippen molar-refractivity contribution >= 4 is 34.8 Å². The van der Waals surface area contributed by atoms with Crippen molar-refractivity contribution in [2.75, 3.05) is 26.4 Å². The number of nitrogens with zero attached hydrogens (tertiary/aromatic N) is 1. The van der Waals surface area contributed by atoms with Crippen LogP contribution >= 0.6 is 0 Å². The van der Waals surface area contributed by atoms with E-state index in [4.69, 9.17) is 32.8 Å². The molecule has 0 radical (unpaired) electrons. The van der Waals surface area contributed by atoms with Gasteiger partial charge < -0.3 is 32.8 Å². The van der Waals surface area contributed by atoms with Gasteiger partial charge in [-0.15, -0.1) is 0 Å². The molecular weight excluding hydrogens is 710 g/mol. The molecule has 0 saturated heterocycles. The third-order valence-corrected chi connectivity index (χ3v) is 7.74. The number of aromatic nitrogens is 1. The average Bonchev–Trinajstić information content (AvgIpc) is 3.21. The smallest absolute Gasteiger partial charge is 0.347 e. The van der Waals surface area contributed by atoms with Crippen molar-refractivity contribution in [3.63, 3.8) is 0 Å². The molecule has 0 aliphatic carbocycles. The molecule has 282 valence electrons. The largest absolute Gasteiger partial charge is 0.494 e. The van der Waals surface area contributed by atoms with Crippen LogP contribution in [0.3, 0.4) is 0 Å². The van der Waals surface area contributed by atoms with E-state index in [1.807, 2.05) is 0 Å². The van der Waals surface area contributed by atoms with Gasteiger partial charge in [-0.2, -0.15) is 0 Å². The SMILES string of the molecule is C=CC(=O)OCCCCOc1ccc(C(=O)Oc2ccc(-c3nc4ccc(OC(=O)c5ccc(OCCCCOC(=O)C=C)cc5)cc4c(=O)o3)cc2)cc1. The highest BCUT2D eigenvalue weighted by Gasteiger charge is 2.15. The first-order valence-corrected chi connectivity index (χ1v) is 17.3. The number of rotatable bonds is 19. The zero-order chi connectivity index (χ0) is 39.0. The molecule has 5 rings (SSSR count). The number of fused-ring (bicyclic) bond motifs is 1. The van der Waals surface area contributed by atoms with Gasteiger partial charge in [0.25, 0.3) is 0 Å². The lowest BCUT2D eigenvalue weighted by Crippen LogP contribution is -2.10.